The fourth-order valence-electron chi connectivity index (χ4n) is 4.10. The molecule has 3 aromatic carbocycles. The van der Waals surface area contributed by atoms with Gasteiger partial charge < -0.3 is 31.0 Å². The molecule has 4 rings (SSSR count). The zero-order valence-corrected chi connectivity index (χ0v) is 22.2. The molecule has 0 saturated heterocycles. The first kappa shape index (κ1) is 28.4. The summed E-state index contributed by atoms with van der Waals surface area (Å²) in [6.45, 7) is 1.16. The van der Waals surface area contributed by atoms with Gasteiger partial charge in [-0.2, -0.15) is 4.68 Å². The Balaban J connectivity index is 1.77. The normalized spacial score (nSPS) is 10.6. The molecule has 0 atom stereocenters. The number of nitrogens with two attached hydrogens (primary N) is 2. The molecule has 0 spiro atoms. The molecule has 13 nitrogen and oxygen atoms in total. The zero-order valence-electron chi connectivity index (χ0n) is 22.2. The van der Waals surface area contributed by atoms with Crippen molar-refractivity contribution in [3.8, 4) is 22.9 Å². The average molecular weight is 564 g/mol. The lowest BCUT2D eigenvalue weighted by Crippen LogP contribution is -2.23. The van der Waals surface area contributed by atoms with Crippen molar-refractivity contribution >= 4 is 29.1 Å². The lowest BCUT2D eigenvalue weighted by molar-refractivity contribution is -0.131. The van der Waals surface area contributed by atoms with Crippen LogP contribution in [0.3, 0.4) is 0 Å². The Bertz CT molecular complexity index is 1710. The van der Waals surface area contributed by atoms with Gasteiger partial charge in [-0.15, -0.1) is 5.10 Å². The second-order valence-electron chi connectivity index (χ2n) is 8.65. The summed E-state index contributed by atoms with van der Waals surface area (Å²) in [5.41, 5.74) is 10.9. The predicted octanol–water partition coefficient (Wildman–Crippen LogP) is 2.36. The Morgan fingerprint density at radius 2 is 1.80 bits per heavy atom. The number of amidine groups is 1. The van der Waals surface area contributed by atoms with E-state index in [0.29, 0.717) is 11.3 Å². The largest absolute Gasteiger partial charge is 0.493 e. The Hall–Kier alpha value is -5.66. The van der Waals surface area contributed by atoms with Crippen molar-refractivity contribution in [2.75, 3.05) is 19.5 Å². The highest BCUT2D eigenvalue weighted by Gasteiger charge is 2.24. The van der Waals surface area contributed by atoms with Gasteiger partial charge in [0.05, 0.1) is 19.8 Å². The number of esters is 1. The van der Waals surface area contributed by atoms with Gasteiger partial charge in [0.25, 0.3) is 5.91 Å². The highest BCUT2D eigenvalue weighted by Crippen LogP contribution is 2.41. The highest BCUT2D eigenvalue weighted by molar-refractivity contribution is 5.98. The van der Waals surface area contributed by atoms with Gasteiger partial charge in [-0.3, -0.25) is 20.0 Å². The number of nitrogens with zero attached hydrogens (tertiary/aromatic N) is 2. The van der Waals surface area contributed by atoms with Gasteiger partial charge in [-0.05, 0) is 42.5 Å². The molecule has 4 aromatic rings. The summed E-state index contributed by atoms with van der Waals surface area (Å²) in [5.74, 6) is -2.22. The van der Waals surface area contributed by atoms with Crippen molar-refractivity contribution in [2.45, 2.75) is 13.3 Å². The monoisotopic (exact) mass is 563 g/mol. The number of rotatable bonds is 10. The predicted molar refractivity (Wildman–Crippen MR) is 147 cm³/mol. The van der Waals surface area contributed by atoms with Crippen LogP contribution in [0.4, 0.5) is 15.8 Å². The van der Waals surface area contributed by atoms with Crippen molar-refractivity contribution in [1.82, 2.24) is 14.8 Å². The lowest BCUT2D eigenvalue weighted by Gasteiger charge is -2.18. The van der Waals surface area contributed by atoms with Crippen LogP contribution in [-0.4, -0.2) is 46.7 Å². The first-order valence-electron chi connectivity index (χ1n) is 12.0. The van der Waals surface area contributed by atoms with E-state index in [2.05, 4.69) is 15.4 Å². The van der Waals surface area contributed by atoms with Crippen LogP contribution in [0.5, 0.6) is 17.2 Å². The highest BCUT2D eigenvalue weighted by atomic mass is 19.1. The van der Waals surface area contributed by atoms with Crippen LogP contribution >= 0.6 is 0 Å². The third-order valence-electron chi connectivity index (χ3n) is 5.90. The van der Waals surface area contributed by atoms with E-state index in [1.54, 1.807) is 24.3 Å². The Kier molecular flexibility index (Phi) is 8.03. The number of aromatic amines is 1. The molecule has 212 valence electrons. The van der Waals surface area contributed by atoms with E-state index in [4.69, 9.17) is 31.1 Å². The number of anilines is 2. The molecule has 0 aliphatic heterocycles. The van der Waals surface area contributed by atoms with Crippen LogP contribution in [-0.2, 0) is 11.2 Å². The lowest BCUT2D eigenvalue weighted by atomic mass is 10.1. The van der Waals surface area contributed by atoms with Gasteiger partial charge in [-0.25, -0.2) is 9.18 Å². The van der Waals surface area contributed by atoms with Crippen molar-refractivity contribution in [3.63, 3.8) is 0 Å². The van der Waals surface area contributed by atoms with E-state index in [1.165, 1.54) is 38.5 Å². The summed E-state index contributed by atoms with van der Waals surface area (Å²) in [7, 11) is 2.75. The summed E-state index contributed by atoms with van der Waals surface area (Å²) in [6.07, 6.45) is -0.214. The zero-order chi connectivity index (χ0) is 29.8. The number of benzene rings is 3. The number of nitrogen functional groups attached to an aromatic ring is 1. The molecule has 0 bridgehead atoms. The molecule has 0 aliphatic carbocycles. The number of primary amides is 1. The van der Waals surface area contributed by atoms with Gasteiger partial charge in [0, 0.05) is 30.2 Å². The number of carbonyl (C=O) groups is 2. The van der Waals surface area contributed by atoms with Crippen LogP contribution in [0.25, 0.3) is 5.69 Å². The first-order chi connectivity index (χ1) is 19.5. The molecule has 7 N–H and O–H groups in total. The molecule has 0 aliphatic rings. The van der Waals surface area contributed by atoms with E-state index >= 15 is 4.39 Å². The SMILES string of the molecule is COc1cc(Cc2nn(-c3c(OC(C)=O)cccc3C(N)=O)c(=O)[nH]2)c(F)c(Nc2ccc(C(=N)N)cc2)c1OC. The Morgan fingerprint density at radius 3 is 2.39 bits per heavy atom. The quantitative estimate of drug-likeness (QED) is 0.0831. The van der Waals surface area contributed by atoms with E-state index in [9.17, 15) is 14.4 Å². The smallest absolute Gasteiger partial charge is 0.348 e. The maximum atomic E-state index is 15.9. The van der Waals surface area contributed by atoms with E-state index in [1.807, 2.05) is 0 Å². The molecule has 0 unspecified atom stereocenters. The van der Waals surface area contributed by atoms with Gasteiger partial charge in [0.15, 0.2) is 23.1 Å². The second-order valence-corrected chi connectivity index (χ2v) is 8.65. The maximum Gasteiger partial charge on any atom is 0.348 e. The molecule has 1 heterocycles. The number of hydrogen-bond donors (Lipinski definition) is 5. The average Bonchev–Trinajstić information content (AvgIpc) is 3.29. The number of nitrogens with one attached hydrogen (secondary N) is 3. The number of para-hydroxylation sites is 1. The second kappa shape index (κ2) is 11.6. The Labute approximate surface area is 232 Å². The maximum absolute atomic E-state index is 15.9. The summed E-state index contributed by atoms with van der Waals surface area (Å²) < 4.78 is 32.7. The molecule has 41 heavy (non-hydrogen) atoms. The standard InChI is InChI=1S/C27H26FN7O6/c1-13(36)41-18-6-4-5-17(26(31)37)23(18)35-27(38)33-20(34-35)12-15-11-19(39-2)24(40-3)22(21(15)28)32-16-9-7-14(8-10-16)25(29)30/h4-11,32H,12H2,1-3H3,(H3,29,30)(H2,31,37)(H,33,34,38). The topological polar surface area (TPSA) is 200 Å². The molecule has 0 radical (unpaired) electrons. The van der Waals surface area contributed by atoms with E-state index < -0.39 is 23.4 Å². The Morgan fingerprint density at radius 1 is 1.10 bits per heavy atom. The number of methoxy groups -OCH3 is 2. The summed E-state index contributed by atoms with van der Waals surface area (Å²) in [6, 6.07) is 12.0. The van der Waals surface area contributed by atoms with E-state index in [-0.39, 0.29) is 57.8 Å². The van der Waals surface area contributed by atoms with Gasteiger partial charge in [-0.1, -0.05) is 6.07 Å². The minimum absolute atomic E-state index is 0.0194. The van der Waals surface area contributed by atoms with Crippen molar-refractivity contribution in [1.29, 1.82) is 5.41 Å². The number of hydrogen-bond acceptors (Lipinski definition) is 9. The molecule has 14 heteroatoms. The first-order valence-corrected chi connectivity index (χ1v) is 12.0. The van der Waals surface area contributed by atoms with Crippen LogP contribution in [0.15, 0.2) is 53.3 Å². The fourth-order valence-corrected chi connectivity index (χ4v) is 4.10. The number of carbonyl (C=O) groups excluding carboxylic acids is 2. The van der Waals surface area contributed by atoms with Crippen molar-refractivity contribution in [2.24, 2.45) is 11.5 Å². The van der Waals surface area contributed by atoms with E-state index in [0.717, 1.165) is 11.6 Å². The summed E-state index contributed by atoms with van der Waals surface area (Å²) in [5, 5.41) is 14.7. The fraction of sp³-hybridized carbons (Fsp3) is 0.148. The minimum Gasteiger partial charge on any atom is -0.493 e. The number of halogens is 1. The molecule has 0 saturated carbocycles. The van der Waals surface area contributed by atoms with Gasteiger partial charge in [0.2, 0.25) is 0 Å². The van der Waals surface area contributed by atoms with Crippen molar-refractivity contribution in [3.05, 3.63) is 87.3 Å². The van der Waals surface area contributed by atoms with Gasteiger partial charge >= 0.3 is 11.7 Å². The third kappa shape index (κ3) is 5.85. The van der Waals surface area contributed by atoms with Gasteiger partial charge in [0.1, 0.15) is 23.0 Å². The molecule has 0 fully saturated rings. The van der Waals surface area contributed by atoms with Crippen LogP contribution < -0.4 is 36.7 Å². The number of amides is 1. The molecule has 1 aromatic heterocycles. The van der Waals surface area contributed by atoms with Crippen LogP contribution in [0.1, 0.15) is 34.2 Å². The number of H-pyrrole nitrogens is 1. The number of ether oxygens (including phenoxy) is 3. The van der Waals surface area contributed by atoms with Crippen LogP contribution in [0.2, 0.25) is 0 Å². The number of aromatic nitrogens is 3. The molecular weight excluding hydrogens is 537 g/mol. The van der Waals surface area contributed by atoms with Crippen LogP contribution in [0, 0.1) is 11.2 Å². The summed E-state index contributed by atoms with van der Waals surface area (Å²) >= 11 is 0. The minimum atomic E-state index is -0.886. The molecular formula is C27H26FN7O6. The molecule has 1 amide bonds. The summed E-state index contributed by atoms with van der Waals surface area (Å²) in [4.78, 5) is 39.2. The third-order valence-corrected chi connectivity index (χ3v) is 5.90. The van der Waals surface area contributed by atoms with Crippen molar-refractivity contribution < 1.29 is 28.2 Å².